The molecule has 0 radical (unpaired) electrons. The van der Waals surface area contributed by atoms with Crippen LogP contribution in [-0.4, -0.2) is 39.6 Å². The monoisotopic (exact) mass is 220 g/mol. The Bertz CT molecular complexity index is 360. The molecule has 0 spiro atoms. The van der Waals surface area contributed by atoms with Gasteiger partial charge in [0.25, 0.3) is 0 Å². The number of nitrogens with zero attached hydrogens (tertiary/aromatic N) is 3. The summed E-state index contributed by atoms with van der Waals surface area (Å²) in [6.07, 6.45) is 7.89. The molecule has 1 aromatic heterocycles. The van der Waals surface area contributed by atoms with Gasteiger partial charge in [-0.1, -0.05) is 0 Å². The predicted octanol–water partition coefficient (Wildman–Crippen LogP) is 0.746. The molecule has 2 saturated heterocycles. The van der Waals surface area contributed by atoms with E-state index in [2.05, 4.69) is 26.8 Å². The maximum Gasteiger partial charge on any atom is 0.0945 e. The van der Waals surface area contributed by atoms with Crippen LogP contribution in [0.5, 0.6) is 0 Å². The summed E-state index contributed by atoms with van der Waals surface area (Å²) in [6.45, 7) is 3.55. The summed E-state index contributed by atoms with van der Waals surface area (Å²) in [5.41, 5.74) is 1.27. The average Bonchev–Trinajstić information content (AvgIpc) is 2.92. The highest BCUT2D eigenvalue weighted by atomic mass is 15.2. The minimum atomic E-state index is 0.692. The molecule has 2 unspecified atom stereocenters. The molecule has 0 amide bonds. The second-order valence-electron chi connectivity index (χ2n) is 5.02. The van der Waals surface area contributed by atoms with Gasteiger partial charge in [-0.15, -0.1) is 0 Å². The van der Waals surface area contributed by atoms with Crippen LogP contribution in [0.1, 0.15) is 25.0 Å². The van der Waals surface area contributed by atoms with E-state index in [0.29, 0.717) is 6.04 Å². The molecule has 2 aliphatic rings. The zero-order chi connectivity index (χ0) is 11.0. The van der Waals surface area contributed by atoms with Crippen LogP contribution >= 0.6 is 0 Å². The molecule has 3 rings (SSSR count). The van der Waals surface area contributed by atoms with E-state index in [-0.39, 0.29) is 0 Å². The highest BCUT2D eigenvalue weighted by Crippen LogP contribution is 2.27. The molecule has 0 saturated carbocycles. The second kappa shape index (κ2) is 4.18. The van der Waals surface area contributed by atoms with Gasteiger partial charge in [0.1, 0.15) is 0 Å². The van der Waals surface area contributed by atoms with Gasteiger partial charge in [0, 0.05) is 38.4 Å². The summed E-state index contributed by atoms with van der Waals surface area (Å²) in [5.74, 6) is 0. The predicted molar refractivity (Wildman–Crippen MR) is 63.0 cm³/mol. The molecule has 2 atom stereocenters. The van der Waals surface area contributed by atoms with E-state index in [1.165, 1.54) is 38.0 Å². The highest BCUT2D eigenvalue weighted by molar-refractivity contribution is 5.00. The number of hydrogen-bond acceptors (Lipinski definition) is 3. The molecular weight excluding hydrogens is 200 g/mol. The third-order valence-electron chi connectivity index (χ3n) is 4.07. The largest absolute Gasteiger partial charge is 0.337 e. The fourth-order valence-corrected chi connectivity index (χ4v) is 3.11. The summed E-state index contributed by atoms with van der Waals surface area (Å²) in [7, 11) is 2.06. The first-order valence-electron chi connectivity index (χ1n) is 6.27. The van der Waals surface area contributed by atoms with E-state index in [0.717, 1.165) is 12.6 Å². The van der Waals surface area contributed by atoms with Crippen LogP contribution < -0.4 is 5.32 Å². The van der Waals surface area contributed by atoms with Gasteiger partial charge >= 0.3 is 0 Å². The molecule has 4 nitrogen and oxygen atoms in total. The summed E-state index contributed by atoms with van der Waals surface area (Å²) >= 11 is 0. The van der Waals surface area contributed by atoms with Crippen molar-refractivity contribution in [3.05, 3.63) is 18.2 Å². The molecule has 88 valence electrons. The Hall–Kier alpha value is -0.870. The van der Waals surface area contributed by atoms with E-state index < -0.39 is 0 Å². The Morgan fingerprint density at radius 3 is 3.19 bits per heavy atom. The number of hydrogen-bond donors (Lipinski definition) is 1. The Morgan fingerprint density at radius 1 is 1.44 bits per heavy atom. The van der Waals surface area contributed by atoms with Crippen molar-refractivity contribution >= 4 is 0 Å². The summed E-state index contributed by atoms with van der Waals surface area (Å²) < 4.78 is 2.09. The molecule has 0 aliphatic carbocycles. The first kappa shape index (κ1) is 10.3. The van der Waals surface area contributed by atoms with Gasteiger partial charge in [-0.05, 0) is 25.8 Å². The fraction of sp³-hybridized carbons (Fsp3) is 0.750. The second-order valence-corrected chi connectivity index (χ2v) is 5.02. The van der Waals surface area contributed by atoms with Crippen LogP contribution in [0.25, 0.3) is 0 Å². The Morgan fingerprint density at radius 2 is 2.38 bits per heavy atom. The van der Waals surface area contributed by atoms with Crippen molar-refractivity contribution in [3.8, 4) is 0 Å². The first-order valence-corrected chi connectivity index (χ1v) is 6.27. The third kappa shape index (κ3) is 1.76. The number of fused-ring (bicyclic) bond motifs is 1. The van der Waals surface area contributed by atoms with Crippen LogP contribution in [0, 0.1) is 0 Å². The molecule has 1 N–H and O–H groups in total. The van der Waals surface area contributed by atoms with Gasteiger partial charge in [0.05, 0.1) is 12.0 Å². The Labute approximate surface area is 96.7 Å². The minimum absolute atomic E-state index is 0.692. The maximum atomic E-state index is 4.15. The zero-order valence-corrected chi connectivity index (χ0v) is 9.89. The summed E-state index contributed by atoms with van der Waals surface area (Å²) in [5, 5.41) is 3.69. The van der Waals surface area contributed by atoms with E-state index in [1.807, 2.05) is 12.5 Å². The summed E-state index contributed by atoms with van der Waals surface area (Å²) in [4.78, 5) is 6.79. The van der Waals surface area contributed by atoms with Crippen molar-refractivity contribution in [2.75, 3.05) is 13.1 Å². The SMILES string of the molecule is Cn1cncc1CNC1CCN2CCCC12. The lowest BCUT2D eigenvalue weighted by Gasteiger charge is -2.21. The van der Waals surface area contributed by atoms with Crippen molar-refractivity contribution in [2.24, 2.45) is 7.05 Å². The van der Waals surface area contributed by atoms with Crippen LogP contribution in [0.2, 0.25) is 0 Å². The molecule has 0 aromatic carbocycles. The average molecular weight is 220 g/mol. The van der Waals surface area contributed by atoms with Gasteiger partial charge in [-0.3, -0.25) is 4.90 Å². The molecule has 3 heterocycles. The van der Waals surface area contributed by atoms with Crippen LogP contribution in [0.3, 0.4) is 0 Å². The Balaban J connectivity index is 1.58. The molecule has 16 heavy (non-hydrogen) atoms. The summed E-state index contributed by atoms with van der Waals surface area (Å²) in [6, 6.07) is 1.49. The van der Waals surface area contributed by atoms with Crippen LogP contribution in [0.15, 0.2) is 12.5 Å². The molecular formula is C12H20N4. The van der Waals surface area contributed by atoms with Gasteiger partial charge in [0.2, 0.25) is 0 Å². The molecule has 2 aliphatic heterocycles. The number of imidazole rings is 1. The van der Waals surface area contributed by atoms with E-state index >= 15 is 0 Å². The number of rotatable bonds is 3. The minimum Gasteiger partial charge on any atom is -0.337 e. The topological polar surface area (TPSA) is 33.1 Å². The van der Waals surface area contributed by atoms with E-state index in [9.17, 15) is 0 Å². The van der Waals surface area contributed by atoms with Crippen molar-refractivity contribution in [2.45, 2.75) is 37.9 Å². The molecule has 0 bridgehead atoms. The van der Waals surface area contributed by atoms with Crippen LogP contribution in [0.4, 0.5) is 0 Å². The number of aryl methyl sites for hydroxylation is 1. The normalized spacial score (nSPS) is 29.8. The van der Waals surface area contributed by atoms with Crippen molar-refractivity contribution in [1.82, 2.24) is 19.8 Å². The lowest BCUT2D eigenvalue weighted by molar-refractivity contribution is 0.298. The number of nitrogens with one attached hydrogen (secondary N) is 1. The first-order chi connectivity index (χ1) is 7.84. The number of aromatic nitrogens is 2. The van der Waals surface area contributed by atoms with Crippen LogP contribution in [-0.2, 0) is 13.6 Å². The van der Waals surface area contributed by atoms with E-state index in [4.69, 9.17) is 0 Å². The van der Waals surface area contributed by atoms with Gasteiger partial charge in [-0.2, -0.15) is 0 Å². The maximum absolute atomic E-state index is 4.15. The fourth-order valence-electron chi connectivity index (χ4n) is 3.11. The third-order valence-corrected chi connectivity index (χ3v) is 4.07. The van der Waals surface area contributed by atoms with Crippen molar-refractivity contribution < 1.29 is 0 Å². The molecule has 1 aromatic rings. The lowest BCUT2D eigenvalue weighted by atomic mass is 10.1. The molecule has 2 fully saturated rings. The zero-order valence-electron chi connectivity index (χ0n) is 9.89. The highest BCUT2D eigenvalue weighted by Gasteiger charge is 2.36. The van der Waals surface area contributed by atoms with E-state index in [1.54, 1.807) is 0 Å². The standard InChI is InChI=1S/C12H20N4/c1-15-9-13-7-10(15)8-14-11-4-6-16-5-2-3-12(11)16/h7,9,11-12,14H,2-6,8H2,1H3. The Kier molecular flexibility index (Phi) is 2.69. The quantitative estimate of drug-likeness (QED) is 0.816. The molecule has 4 heteroatoms. The van der Waals surface area contributed by atoms with Crippen molar-refractivity contribution in [3.63, 3.8) is 0 Å². The smallest absolute Gasteiger partial charge is 0.0945 e. The van der Waals surface area contributed by atoms with Crippen molar-refractivity contribution in [1.29, 1.82) is 0 Å². The van der Waals surface area contributed by atoms with Gasteiger partial charge in [0.15, 0.2) is 0 Å². The van der Waals surface area contributed by atoms with Gasteiger partial charge in [-0.25, -0.2) is 4.98 Å². The lowest BCUT2D eigenvalue weighted by Crippen LogP contribution is -2.38. The van der Waals surface area contributed by atoms with Gasteiger partial charge < -0.3 is 9.88 Å².